The van der Waals surface area contributed by atoms with Gasteiger partial charge in [-0.25, -0.2) is 22.0 Å². The third kappa shape index (κ3) is 14.3. The Hall–Kier alpha value is -3.62. The van der Waals surface area contributed by atoms with E-state index in [-0.39, 0.29) is 18.5 Å². The van der Waals surface area contributed by atoms with Gasteiger partial charge in [0.2, 0.25) is 5.91 Å². The van der Waals surface area contributed by atoms with Gasteiger partial charge in [-0.05, 0) is 68.4 Å². The molecule has 0 aliphatic rings. The molecule has 3 atom stereocenters. The van der Waals surface area contributed by atoms with Crippen LogP contribution in [0.2, 0.25) is 0 Å². The highest BCUT2D eigenvalue weighted by molar-refractivity contribution is 7.92. The number of nitrogens with zero attached hydrogens (tertiary/aromatic N) is 1. The van der Waals surface area contributed by atoms with Crippen LogP contribution in [0, 0.1) is 11.6 Å². The van der Waals surface area contributed by atoms with E-state index < -0.39 is 75.2 Å². The number of amides is 3. The van der Waals surface area contributed by atoms with E-state index in [1.807, 2.05) is 45.0 Å². The monoisotopic (exact) mass is 724 g/mol. The average molecular weight is 725 g/mol. The second kappa shape index (κ2) is 21.6. The molecular formula is C36H54F2N4O7S. The van der Waals surface area contributed by atoms with Gasteiger partial charge in [0.15, 0.2) is 16.4 Å². The van der Waals surface area contributed by atoms with Crippen LogP contribution in [0.1, 0.15) is 77.0 Å². The lowest BCUT2D eigenvalue weighted by atomic mass is 10.00. The molecular weight excluding hydrogens is 670 g/mol. The summed E-state index contributed by atoms with van der Waals surface area (Å²) in [6.45, 7) is 9.75. The minimum atomic E-state index is -3.95. The number of benzene rings is 2. The van der Waals surface area contributed by atoms with Crippen LogP contribution < -0.4 is 16.0 Å². The number of nitrogens with one attached hydrogen (secondary N) is 3. The molecule has 0 saturated heterocycles. The average Bonchev–Trinajstić information content (AvgIpc) is 3.06. The summed E-state index contributed by atoms with van der Waals surface area (Å²) in [4.78, 5) is 40.5. The standard InChI is InChI=1S/C36H54F2N4O7S/c1-6-12-30(13-7-2)50(47,48)24-32(41-36(46)49-23-34(44)42(9-4)10-5)35(45)40-31(19-27-17-28(37)20-29(38)18-27)33(43)22-39-21-26-15-11-14-25(8-3)16-26/h11,14-18,20,30-33,39,43H,6-10,12-13,19,21-24H2,1-5H3,(H,40,45)(H,41,46)/t31-,32+,33+/m0/s1. The van der Waals surface area contributed by atoms with Crippen molar-refractivity contribution < 1.29 is 41.4 Å². The van der Waals surface area contributed by atoms with Gasteiger partial charge in [0.05, 0.1) is 23.1 Å². The summed E-state index contributed by atoms with van der Waals surface area (Å²) in [6, 6.07) is 7.87. The molecule has 11 nitrogen and oxygen atoms in total. The Kier molecular flexibility index (Phi) is 18.4. The summed E-state index contributed by atoms with van der Waals surface area (Å²) in [7, 11) is -3.95. The van der Waals surface area contributed by atoms with Gasteiger partial charge in [0, 0.05) is 32.2 Å². The molecule has 50 heavy (non-hydrogen) atoms. The number of carbonyl (C=O) groups excluding carboxylic acids is 3. The van der Waals surface area contributed by atoms with E-state index >= 15 is 0 Å². The molecule has 0 spiro atoms. The van der Waals surface area contributed by atoms with Crippen molar-refractivity contribution in [3.63, 3.8) is 0 Å². The second-order valence-corrected chi connectivity index (χ2v) is 14.7. The Bertz CT molecular complexity index is 1460. The number of carbonyl (C=O) groups is 3. The van der Waals surface area contributed by atoms with Crippen LogP contribution in [0.5, 0.6) is 0 Å². The van der Waals surface area contributed by atoms with Gasteiger partial charge in [0.1, 0.15) is 17.7 Å². The van der Waals surface area contributed by atoms with Gasteiger partial charge >= 0.3 is 6.09 Å². The van der Waals surface area contributed by atoms with Crippen molar-refractivity contribution in [2.24, 2.45) is 0 Å². The number of hydrogen-bond donors (Lipinski definition) is 4. The molecule has 3 amide bonds. The third-order valence-electron chi connectivity index (χ3n) is 8.43. The predicted molar refractivity (Wildman–Crippen MR) is 189 cm³/mol. The molecule has 4 N–H and O–H groups in total. The minimum absolute atomic E-state index is 0.0416. The van der Waals surface area contributed by atoms with E-state index in [1.165, 1.54) is 4.90 Å². The van der Waals surface area contributed by atoms with Crippen molar-refractivity contribution in [1.29, 1.82) is 0 Å². The van der Waals surface area contributed by atoms with Crippen molar-refractivity contribution in [3.8, 4) is 0 Å². The highest BCUT2D eigenvalue weighted by atomic mass is 32.2. The van der Waals surface area contributed by atoms with E-state index in [0.717, 1.165) is 29.7 Å². The Labute approximate surface area is 295 Å². The minimum Gasteiger partial charge on any atom is -0.439 e. The van der Waals surface area contributed by atoms with E-state index in [9.17, 15) is 36.7 Å². The molecule has 0 unspecified atom stereocenters. The number of aryl methyl sites for hydroxylation is 1. The van der Waals surface area contributed by atoms with Crippen LogP contribution in [-0.2, 0) is 43.5 Å². The first-order chi connectivity index (χ1) is 23.8. The molecule has 0 saturated carbocycles. The topological polar surface area (TPSA) is 154 Å². The van der Waals surface area contributed by atoms with Crippen LogP contribution in [0.25, 0.3) is 0 Å². The Balaban J connectivity index is 2.35. The van der Waals surface area contributed by atoms with Crippen molar-refractivity contribution in [1.82, 2.24) is 20.9 Å². The highest BCUT2D eigenvalue weighted by Gasteiger charge is 2.34. The lowest BCUT2D eigenvalue weighted by Gasteiger charge is -2.28. The fourth-order valence-corrected chi connectivity index (χ4v) is 7.85. The zero-order chi connectivity index (χ0) is 37.3. The van der Waals surface area contributed by atoms with Crippen molar-refractivity contribution >= 4 is 27.7 Å². The quantitative estimate of drug-likeness (QED) is 0.142. The largest absolute Gasteiger partial charge is 0.439 e. The first-order valence-corrected chi connectivity index (χ1v) is 19.1. The second-order valence-electron chi connectivity index (χ2n) is 12.3. The number of aliphatic hydroxyl groups excluding tert-OH is 1. The molecule has 0 aliphatic heterocycles. The molecule has 0 heterocycles. The number of alkyl carbamates (subject to hydrolysis) is 1. The maximum absolute atomic E-state index is 14.1. The van der Waals surface area contributed by atoms with E-state index in [2.05, 4.69) is 16.0 Å². The molecule has 2 aromatic carbocycles. The van der Waals surface area contributed by atoms with E-state index in [4.69, 9.17) is 4.74 Å². The summed E-state index contributed by atoms with van der Waals surface area (Å²) in [6.07, 6.45) is 0.0179. The number of hydrogen-bond acceptors (Lipinski definition) is 8. The first-order valence-electron chi connectivity index (χ1n) is 17.4. The van der Waals surface area contributed by atoms with Gasteiger partial charge in [-0.2, -0.15) is 0 Å². The van der Waals surface area contributed by atoms with E-state index in [0.29, 0.717) is 51.4 Å². The Morgan fingerprint density at radius 2 is 1.50 bits per heavy atom. The smallest absolute Gasteiger partial charge is 0.408 e. The summed E-state index contributed by atoms with van der Waals surface area (Å²) in [5, 5.41) is 18.6. The normalized spacial score (nSPS) is 13.4. The molecule has 0 radical (unpaired) electrons. The van der Waals surface area contributed by atoms with Crippen molar-refractivity contribution in [2.75, 3.05) is 32.0 Å². The Morgan fingerprint density at radius 1 is 0.880 bits per heavy atom. The summed E-state index contributed by atoms with van der Waals surface area (Å²) in [5.74, 6) is -3.89. The number of aliphatic hydroxyl groups is 1. The maximum atomic E-state index is 14.1. The predicted octanol–water partition coefficient (Wildman–Crippen LogP) is 4.05. The molecule has 0 fully saturated rings. The summed E-state index contributed by atoms with van der Waals surface area (Å²) >= 11 is 0. The van der Waals surface area contributed by atoms with Crippen LogP contribution in [0.4, 0.5) is 13.6 Å². The SMILES string of the molecule is CCCC(CCC)S(=O)(=O)C[C@@H](NC(=O)OCC(=O)N(CC)CC)C(=O)N[C@@H](Cc1cc(F)cc(F)c1)[C@H](O)CNCc1cccc(CC)c1. The fourth-order valence-electron chi connectivity index (χ4n) is 5.69. The number of rotatable bonds is 22. The third-order valence-corrected chi connectivity index (χ3v) is 10.7. The van der Waals surface area contributed by atoms with Gasteiger partial charge < -0.3 is 30.7 Å². The molecule has 0 bridgehead atoms. The maximum Gasteiger partial charge on any atom is 0.408 e. The molecule has 14 heteroatoms. The van der Waals surface area contributed by atoms with Crippen molar-refractivity contribution in [3.05, 3.63) is 70.8 Å². The molecule has 0 aliphatic carbocycles. The fraction of sp³-hybridized carbons (Fsp3) is 0.583. The van der Waals surface area contributed by atoms with Gasteiger partial charge in [-0.1, -0.05) is 57.9 Å². The van der Waals surface area contributed by atoms with Gasteiger partial charge in [-0.15, -0.1) is 0 Å². The number of ether oxygens (including phenoxy) is 1. The zero-order valence-corrected chi connectivity index (χ0v) is 30.7. The van der Waals surface area contributed by atoms with Gasteiger partial charge in [0.25, 0.3) is 5.91 Å². The number of halogens is 2. The molecule has 2 aromatic rings. The van der Waals surface area contributed by atoms with Crippen LogP contribution >= 0.6 is 0 Å². The molecule has 280 valence electrons. The molecule has 0 aromatic heterocycles. The number of sulfone groups is 1. The number of likely N-dealkylation sites (N-methyl/N-ethyl adjacent to an activating group) is 1. The lowest BCUT2D eigenvalue weighted by molar-refractivity contribution is -0.133. The van der Waals surface area contributed by atoms with Crippen molar-refractivity contribution in [2.45, 2.75) is 103 Å². The first kappa shape index (κ1) is 42.5. The zero-order valence-electron chi connectivity index (χ0n) is 29.8. The lowest BCUT2D eigenvalue weighted by Crippen LogP contribution is -2.57. The van der Waals surface area contributed by atoms with Gasteiger partial charge in [-0.3, -0.25) is 9.59 Å². The highest BCUT2D eigenvalue weighted by Crippen LogP contribution is 2.18. The Morgan fingerprint density at radius 3 is 2.08 bits per heavy atom. The molecule has 2 rings (SSSR count). The van der Waals surface area contributed by atoms with Crippen LogP contribution in [-0.4, -0.2) is 91.8 Å². The summed E-state index contributed by atoms with van der Waals surface area (Å²) < 4.78 is 60.5. The van der Waals surface area contributed by atoms with Crippen LogP contribution in [0.3, 0.4) is 0 Å². The van der Waals surface area contributed by atoms with E-state index in [1.54, 1.807) is 13.8 Å². The van der Waals surface area contributed by atoms with Crippen LogP contribution in [0.15, 0.2) is 42.5 Å². The summed E-state index contributed by atoms with van der Waals surface area (Å²) in [5.41, 5.74) is 2.23.